The number of carbonyl (C=O) groups excluding carboxylic acids is 1. The van der Waals surface area contributed by atoms with Gasteiger partial charge in [0.2, 0.25) is 0 Å². The van der Waals surface area contributed by atoms with Gasteiger partial charge in [0, 0.05) is 0 Å². The molecule has 0 spiro atoms. The summed E-state index contributed by atoms with van der Waals surface area (Å²) in [5.74, 6) is -0.360. The van der Waals surface area contributed by atoms with Crippen LogP contribution in [0.4, 0.5) is 5.69 Å². The van der Waals surface area contributed by atoms with Gasteiger partial charge < -0.3 is 0 Å². The summed E-state index contributed by atoms with van der Waals surface area (Å²) >= 11 is -4.95. The van der Waals surface area contributed by atoms with Gasteiger partial charge in [0.15, 0.2) is 0 Å². The van der Waals surface area contributed by atoms with Crippen molar-refractivity contribution in [1.29, 1.82) is 0 Å². The number of para-hydroxylation sites is 1. The third-order valence-electron chi connectivity index (χ3n) is 1.53. The molecule has 0 saturated carbocycles. The first-order chi connectivity index (χ1) is 6.41. The van der Waals surface area contributed by atoms with E-state index in [-0.39, 0.29) is 15.9 Å². The van der Waals surface area contributed by atoms with E-state index in [0.717, 1.165) is 0 Å². The average Bonchev–Trinajstić information content (AvgIpc) is 2.01. The molecule has 0 aromatic heterocycles. The fourth-order valence-corrected chi connectivity index (χ4v) is 2.54. The van der Waals surface area contributed by atoms with Gasteiger partial charge in [-0.2, -0.15) is 0 Å². The Morgan fingerprint density at radius 3 is 2.43 bits per heavy atom. The number of nitrogens with one attached hydrogen (secondary N) is 1. The van der Waals surface area contributed by atoms with Crippen molar-refractivity contribution >= 4 is 30.1 Å². The second kappa shape index (κ2) is 4.00. The standard InChI is InChI=1S/C8H10AsNO4/c1-6(11)10-8-5-3-2-4-7(8)9(12,13)14/h2-5H,1H3,(H,10,11)(H2,12,13,14). The molecule has 0 aliphatic carbocycles. The Morgan fingerprint density at radius 1 is 1.36 bits per heavy atom. The Morgan fingerprint density at radius 2 is 1.93 bits per heavy atom. The molecule has 0 saturated heterocycles. The first kappa shape index (κ1) is 11.0. The second-order valence-electron chi connectivity index (χ2n) is 2.74. The second-order valence-corrected chi connectivity index (χ2v) is 6.04. The maximum absolute atomic E-state index is 11.0. The third kappa shape index (κ3) is 2.73. The molecule has 3 N–H and O–H groups in total. The molecule has 0 radical (unpaired) electrons. The van der Waals surface area contributed by atoms with E-state index in [9.17, 15) is 8.53 Å². The minimum atomic E-state index is -4.95. The average molecular weight is 259 g/mol. The molecule has 0 bridgehead atoms. The van der Waals surface area contributed by atoms with Crippen molar-refractivity contribution in [2.45, 2.75) is 6.92 Å². The molecule has 1 aromatic rings. The van der Waals surface area contributed by atoms with Crippen molar-refractivity contribution in [2.24, 2.45) is 0 Å². The van der Waals surface area contributed by atoms with Gasteiger partial charge in [0.05, 0.1) is 0 Å². The topological polar surface area (TPSA) is 86.6 Å². The van der Waals surface area contributed by atoms with Gasteiger partial charge in [0.25, 0.3) is 0 Å². The molecule has 1 rings (SSSR count). The van der Waals surface area contributed by atoms with Crippen molar-refractivity contribution in [2.75, 3.05) is 5.32 Å². The Labute approximate surface area is 83.8 Å². The van der Waals surface area contributed by atoms with E-state index in [2.05, 4.69) is 5.32 Å². The van der Waals surface area contributed by atoms with Gasteiger partial charge in [-0.15, -0.1) is 0 Å². The summed E-state index contributed by atoms with van der Waals surface area (Å²) in [5.41, 5.74) is 0.174. The molecular formula is C8H10AsNO4. The van der Waals surface area contributed by atoms with Gasteiger partial charge in [-0.1, -0.05) is 0 Å². The third-order valence-corrected chi connectivity index (χ3v) is 3.66. The van der Waals surface area contributed by atoms with E-state index >= 15 is 0 Å². The van der Waals surface area contributed by atoms with Crippen LogP contribution in [0.25, 0.3) is 0 Å². The summed E-state index contributed by atoms with van der Waals surface area (Å²) in [6.45, 7) is 1.28. The zero-order chi connectivity index (χ0) is 10.8. The van der Waals surface area contributed by atoms with Crippen molar-refractivity contribution in [3.8, 4) is 0 Å². The minimum absolute atomic E-state index is 0.110. The van der Waals surface area contributed by atoms with Crippen molar-refractivity contribution in [1.82, 2.24) is 0 Å². The zero-order valence-electron chi connectivity index (χ0n) is 7.47. The SMILES string of the molecule is CC(=O)Nc1ccccc1[As](=O)(O)O. The summed E-state index contributed by atoms with van der Waals surface area (Å²) in [6.07, 6.45) is 0. The molecular weight excluding hydrogens is 249 g/mol. The van der Waals surface area contributed by atoms with Crippen LogP contribution < -0.4 is 9.67 Å². The number of hydrogen-bond donors (Lipinski definition) is 3. The first-order valence-corrected chi connectivity index (χ1v) is 7.22. The van der Waals surface area contributed by atoms with Crippen LogP contribution in [0.1, 0.15) is 6.92 Å². The number of hydrogen-bond acceptors (Lipinski definition) is 2. The molecule has 0 fully saturated rings. The van der Waals surface area contributed by atoms with Crippen molar-refractivity contribution in [3.63, 3.8) is 0 Å². The van der Waals surface area contributed by atoms with E-state index in [1.54, 1.807) is 6.07 Å². The Hall–Kier alpha value is -1.03. The Bertz CT molecular complexity index is 398. The molecule has 0 aliphatic heterocycles. The van der Waals surface area contributed by atoms with Crippen molar-refractivity contribution < 1.29 is 16.7 Å². The molecule has 0 heterocycles. The first-order valence-electron chi connectivity index (χ1n) is 3.84. The van der Waals surface area contributed by atoms with Crippen LogP contribution in [0.3, 0.4) is 0 Å². The molecule has 1 aromatic carbocycles. The fraction of sp³-hybridized carbons (Fsp3) is 0.125. The van der Waals surface area contributed by atoms with Gasteiger partial charge in [0.1, 0.15) is 0 Å². The van der Waals surface area contributed by atoms with E-state index in [4.69, 9.17) is 8.19 Å². The number of rotatable bonds is 2. The van der Waals surface area contributed by atoms with Gasteiger partial charge in [-0.05, 0) is 0 Å². The van der Waals surface area contributed by atoms with Crippen LogP contribution in [-0.4, -0.2) is 28.3 Å². The molecule has 0 atom stereocenters. The number of amides is 1. The zero-order valence-corrected chi connectivity index (χ0v) is 9.34. The van der Waals surface area contributed by atoms with Crippen LogP contribution in [0.2, 0.25) is 0 Å². The summed E-state index contributed by atoms with van der Waals surface area (Å²) < 4.78 is 28.9. The molecule has 1 amide bonds. The van der Waals surface area contributed by atoms with Crippen LogP contribution >= 0.6 is 0 Å². The van der Waals surface area contributed by atoms with Gasteiger partial charge >= 0.3 is 83.3 Å². The summed E-state index contributed by atoms with van der Waals surface area (Å²) in [5, 5.41) is 2.36. The molecule has 0 aliphatic rings. The maximum atomic E-state index is 11.0. The van der Waals surface area contributed by atoms with Gasteiger partial charge in [-0.3, -0.25) is 0 Å². The van der Waals surface area contributed by atoms with Crippen LogP contribution in [0.5, 0.6) is 0 Å². The summed E-state index contributed by atoms with van der Waals surface area (Å²) in [6, 6.07) is 5.88. The number of benzene rings is 1. The quantitative estimate of drug-likeness (QED) is 0.607. The Kier molecular flexibility index (Phi) is 3.16. The summed E-state index contributed by atoms with van der Waals surface area (Å²) in [7, 11) is 0. The molecule has 5 nitrogen and oxygen atoms in total. The van der Waals surface area contributed by atoms with E-state index < -0.39 is 14.2 Å². The normalized spacial score (nSPS) is 11.1. The monoisotopic (exact) mass is 259 g/mol. The van der Waals surface area contributed by atoms with Gasteiger partial charge in [-0.25, -0.2) is 0 Å². The molecule has 6 heteroatoms. The predicted molar refractivity (Wildman–Crippen MR) is 51.3 cm³/mol. The van der Waals surface area contributed by atoms with E-state index in [1.165, 1.54) is 25.1 Å². The van der Waals surface area contributed by atoms with Crippen molar-refractivity contribution in [3.05, 3.63) is 24.3 Å². The van der Waals surface area contributed by atoms with Crippen LogP contribution in [-0.2, 0) is 8.53 Å². The molecule has 0 unspecified atom stereocenters. The van der Waals surface area contributed by atoms with Crippen LogP contribution in [0, 0.1) is 0 Å². The number of carbonyl (C=O) groups is 1. The summed E-state index contributed by atoms with van der Waals surface area (Å²) in [4.78, 5) is 10.7. The molecule has 14 heavy (non-hydrogen) atoms. The Balaban J connectivity index is 3.16. The predicted octanol–water partition coefficient (Wildman–Crippen LogP) is -0.794. The number of anilines is 1. The fourth-order valence-electron chi connectivity index (χ4n) is 1.02. The molecule has 76 valence electrons. The van der Waals surface area contributed by atoms with E-state index in [1.807, 2.05) is 0 Å². The van der Waals surface area contributed by atoms with E-state index in [0.29, 0.717) is 0 Å². The van der Waals surface area contributed by atoms with Crippen LogP contribution in [0.15, 0.2) is 24.3 Å².